The molecule has 1 fully saturated rings. The molecule has 3 heteroatoms. The molecule has 1 amide bonds. The normalized spacial score (nSPS) is 25.7. The van der Waals surface area contributed by atoms with Crippen molar-refractivity contribution < 1.29 is 4.79 Å². The summed E-state index contributed by atoms with van der Waals surface area (Å²) in [5, 5.41) is 3.26. The minimum atomic E-state index is -0.215. The molecule has 0 saturated heterocycles. The minimum absolute atomic E-state index is 0.0324. The molecular formula is C18H28N2O. The molecule has 1 saturated carbocycles. The van der Waals surface area contributed by atoms with Crippen molar-refractivity contribution in [2.75, 3.05) is 6.54 Å². The molecule has 0 bridgehead atoms. The Morgan fingerprint density at radius 1 is 1.24 bits per heavy atom. The summed E-state index contributed by atoms with van der Waals surface area (Å²) in [4.78, 5) is 12.7. The first kappa shape index (κ1) is 16.0. The SMILES string of the molecule is Cc1cc(C)c(C(=O)NC2(CN)CCC(C)CC2)c(C)c1. The van der Waals surface area contributed by atoms with Gasteiger partial charge in [-0.15, -0.1) is 0 Å². The number of nitrogens with one attached hydrogen (secondary N) is 1. The van der Waals surface area contributed by atoms with Crippen molar-refractivity contribution in [3.05, 3.63) is 34.4 Å². The van der Waals surface area contributed by atoms with Crippen molar-refractivity contribution in [3.8, 4) is 0 Å². The largest absolute Gasteiger partial charge is 0.345 e. The zero-order valence-electron chi connectivity index (χ0n) is 13.8. The Bertz CT molecular complexity index is 505. The number of rotatable bonds is 3. The second-order valence-corrected chi connectivity index (χ2v) is 6.89. The first-order valence-electron chi connectivity index (χ1n) is 7.97. The third-order valence-corrected chi connectivity index (χ3v) is 4.90. The van der Waals surface area contributed by atoms with E-state index in [0.717, 1.165) is 48.3 Å². The second kappa shape index (κ2) is 6.18. The van der Waals surface area contributed by atoms with Gasteiger partial charge in [0.1, 0.15) is 0 Å². The highest BCUT2D eigenvalue weighted by atomic mass is 16.1. The summed E-state index contributed by atoms with van der Waals surface area (Å²) in [7, 11) is 0. The summed E-state index contributed by atoms with van der Waals surface area (Å²) in [6, 6.07) is 4.14. The third-order valence-electron chi connectivity index (χ3n) is 4.90. The number of nitrogens with two attached hydrogens (primary N) is 1. The van der Waals surface area contributed by atoms with E-state index in [4.69, 9.17) is 5.73 Å². The van der Waals surface area contributed by atoms with E-state index < -0.39 is 0 Å². The monoisotopic (exact) mass is 288 g/mol. The van der Waals surface area contributed by atoms with Gasteiger partial charge in [0.15, 0.2) is 0 Å². The smallest absolute Gasteiger partial charge is 0.252 e. The van der Waals surface area contributed by atoms with Crippen molar-refractivity contribution in [1.29, 1.82) is 0 Å². The molecule has 0 unspecified atom stereocenters. The lowest BCUT2D eigenvalue weighted by Crippen LogP contribution is -2.55. The van der Waals surface area contributed by atoms with Gasteiger partial charge in [0.05, 0.1) is 5.54 Å². The summed E-state index contributed by atoms with van der Waals surface area (Å²) in [6.45, 7) is 8.87. The second-order valence-electron chi connectivity index (χ2n) is 6.89. The van der Waals surface area contributed by atoms with Crippen molar-refractivity contribution in [2.45, 2.75) is 58.9 Å². The van der Waals surface area contributed by atoms with Gasteiger partial charge >= 0.3 is 0 Å². The Labute approximate surface area is 128 Å². The summed E-state index contributed by atoms with van der Waals surface area (Å²) in [6.07, 6.45) is 4.26. The fourth-order valence-electron chi connectivity index (χ4n) is 3.54. The van der Waals surface area contributed by atoms with Crippen LogP contribution in [0, 0.1) is 26.7 Å². The van der Waals surface area contributed by atoms with Gasteiger partial charge in [-0.2, -0.15) is 0 Å². The van der Waals surface area contributed by atoms with Crippen LogP contribution in [0.25, 0.3) is 0 Å². The van der Waals surface area contributed by atoms with Crippen molar-refractivity contribution in [3.63, 3.8) is 0 Å². The zero-order chi connectivity index (χ0) is 15.6. The average Bonchev–Trinajstić information content (AvgIpc) is 2.40. The molecule has 21 heavy (non-hydrogen) atoms. The average molecular weight is 288 g/mol. The van der Waals surface area contributed by atoms with Crippen molar-refractivity contribution >= 4 is 5.91 Å². The number of carbonyl (C=O) groups is 1. The predicted octanol–water partition coefficient (Wildman–Crippen LogP) is 3.25. The Kier molecular flexibility index (Phi) is 4.72. The lowest BCUT2D eigenvalue weighted by atomic mass is 9.77. The maximum atomic E-state index is 12.7. The summed E-state index contributed by atoms with van der Waals surface area (Å²) in [5.74, 6) is 0.773. The summed E-state index contributed by atoms with van der Waals surface area (Å²) < 4.78 is 0. The third kappa shape index (κ3) is 3.46. The highest BCUT2D eigenvalue weighted by molar-refractivity contribution is 5.97. The van der Waals surface area contributed by atoms with E-state index in [9.17, 15) is 4.79 Å². The first-order valence-corrected chi connectivity index (χ1v) is 7.97. The molecule has 0 radical (unpaired) electrons. The van der Waals surface area contributed by atoms with Crippen LogP contribution < -0.4 is 11.1 Å². The van der Waals surface area contributed by atoms with E-state index in [-0.39, 0.29) is 11.4 Å². The molecule has 1 aliphatic rings. The van der Waals surface area contributed by atoms with Gasteiger partial charge in [0, 0.05) is 12.1 Å². The number of hydrogen-bond acceptors (Lipinski definition) is 2. The minimum Gasteiger partial charge on any atom is -0.345 e. The van der Waals surface area contributed by atoms with Gasteiger partial charge in [-0.05, 0) is 63.5 Å². The Morgan fingerprint density at radius 3 is 2.24 bits per heavy atom. The van der Waals surface area contributed by atoms with Crippen molar-refractivity contribution in [2.24, 2.45) is 11.7 Å². The summed E-state index contributed by atoms with van der Waals surface area (Å²) in [5.41, 5.74) is 9.87. The molecule has 1 aromatic carbocycles. The number of carbonyl (C=O) groups excluding carboxylic acids is 1. The van der Waals surface area contributed by atoms with Crippen LogP contribution in [-0.2, 0) is 0 Å². The molecular weight excluding hydrogens is 260 g/mol. The van der Waals surface area contributed by atoms with Crippen LogP contribution in [0.2, 0.25) is 0 Å². The molecule has 1 aromatic rings. The predicted molar refractivity (Wildman–Crippen MR) is 87.5 cm³/mol. The van der Waals surface area contributed by atoms with Gasteiger partial charge in [-0.1, -0.05) is 24.6 Å². The van der Waals surface area contributed by atoms with Crippen molar-refractivity contribution in [1.82, 2.24) is 5.32 Å². The molecule has 0 atom stereocenters. The van der Waals surface area contributed by atoms with Gasteiger partial charge in [-0.25, -0.2) is 0 Å². The van der Waals surface area contributed by atoms with E-state index in [1.165, 1.54) is 5.56 Å². The molecule has 116 valence electrons. The van der Waals surface area contributed by atoms with Gasteiger partial charge in [0.2, 0.25) is 0 Å². The first-order chi connectivity index (χ1) is 9.87. The van der Waals surface area contributed by atoms with Crippen LogP contribution in [0.3, 0.4) is 0 Å². The fraction of sp³-hybridized carbons (Fsp3) is 0.611. The van der Waals surface area contributed by atoms with Crippen LogP contribution in [0.1, 0.15) is 59.7 Å². The fourth-order valence-corrected chi connectivity index (χ4v) is 3.54. The standard InChI is InChI=1S/C18H28N2O/c1-12-5-7-18(11-19,8-6-12)20-17(21)16-14(3)9-13(2)10-15(16)4/h9-10,12H,5-8,11,19H2,1-4H3,(H,20,21). The maximum absolute atomic E-state index is 12.7. The highest BCUT2D eigenvalue weighted by Crippen LogP contribution is 2.31. The maximum Gasteiger partial charge on any atom is 0.252 e. The Morgan fingerprint density at radius 2 is 1.76 bits per heavy atom. The topological polar surface area (TPSA) is 55.1 Å². The Hall–Kier alpha value is -1.35. The lowest BCUT2D eigenvalue weighted by Gasteiger charge is -2.39. The van der Waals surface area contributed by atoms with Gasteiger partial charge in [0.25, 0.3) is 5.91 Å². The quantitative estimate of drug-likeness (QED) is 0.897. The molecule has 2 rings (SSSR count). The van der Waals surface area contributed by atoms with Crippen LogP contribution in [0.4, 0.5) is 0 Å². The molecule has 0 aliphatic heterocycles. The molecule has 1 aliphatic carbocycles. The lowest BCUT2D eigenvalue weighted by molar-refractivity contribution is 0.0859. The number of aryl methyl sites for hydroxylation is 3. The van der Waals surface area contributed by atoms with Crippen LogP contribution >= 0.6 is 0 Å². The van der Waals surface area contributed by atoms with E-state index in [2.05, 4.69) is 31.3 Å². The number of amides is 1. The molecule has 0 aromatic heterocycles. The number of hydrogen-bond donors (Lipinski definition) is 2. The molecule has 3 nitrogen and oxygen atoms in total. The van der Waals surface area contributed by atoms with Gasteiger partial charge < -0.3 is 11.1 Å². The van der Waals surface area contributed by atoms with E-state index >= 15 is 0 Å². The van der Waals surface area contributed by atoms with Crippen LogP contribution in [-0.4, -0.2) is 18.0 Å². The summed E-state index contributed by atoms with van der Waals surface area (Å²) >= 11 is 0. The molecule has 0 heterocycles. The van der Waals surface area contributed by atoms with E-state index in [1.807, 2.05) is 13.8 Å². The van der Waals surface area contributed by atoms with E-state index in [0.29, 0.717) is 6.54 Å². The van der Waals surface area contributed by atoms with Gasteiger partial charge in [-0.3, -0.25) is 4.79 Å². The zero-order valence-corrected chi connectivity index (χ0v) is 13.8. The van der Waals surface area contributed by atoms with E-state index in [1.54, 1.807) is 0 Å². The highest BCUT2D eigenvalue weighted by Gasteiger charge is 2.35. The number of benzene rings is 1. The molecule has 0 spiro atoms. The van der Waals surface area contributed by atoms with Crippen LogP contribution in [0.15, 0.2) is 12.1 Å². The molecule has 3 N–H and O–H groups in total. The van der Waals surface area contributed by atoms with Crippen LogP contribution in [0.5, 0.6) is 0 Å². The Balaban J connectivity index is 2.21.